The second kappa shape index (κ2) is 10.5. The minimum absolute atomic E-state index is 0. The molecule has 0 aliphatic carbocycles. The topological polar surface area (TPSA) is 3.88 Å². The van der Waals surface area contributed by atoms with Crippen molar-refractivity contribution in [1.29, 1.82) is 0 Å². The molecule has 1 aromatic heterocycles. The van der Waals surface area contributed by atoms with Crippen LogP contribution in [0.2, 0.25) is 15.8 Å². The molecule has 1 fully saturated rings. The molecule has 154 valence electrons. The molecule has 2 aliphatic heterocycles. The maximum Gasteiger partial charge on any atom is 0 e. The summed E-state index contributed by atoms with van der Waals surface area (Å²) < 4.78 is 4.19. The summed E-state index contributed by atoms with van der Waals surface area (Å²) in [5, 5.41) is 4.67. The first-order chi connectivity index (χ1) is 14.2. The van der Waals surface area contributed by atoms with Gasteiger partial charge in [-0.25, -0.2) is 0 Å². The number of aromatic nitrogens is 1. The van der Waals surface area contributed by atoms with Crippen LogP contribution < -0.4 is 8.96 Å². The largest absolute Gasteiger partial charge is 0 e. The minimum Gasteiger partial charge on any atom is 0 e. The van der Waals surface area contributed by atoms with E-state index in [0.717, 1.165) is 11.1 Å². The molecule has 1 saturated heterocycles. The van der Waals surface area contributed by atoms with Crippen LogP contribution in [0.15, 0.2) is 48.7 Å². The molecule has 0 amide bonds. The van der Waals surface area contributed by atoms with E-state index in [0.29, 0.717) is 0 Å². The number of benzene rings is 2. The Balaban J connectivity index is 0.00000136. The van der Waals surface area contributed by atoms with Crippen LogP contribution in [0, 0.1) is 19.1 Å². The second-order valence-corrected chi connectivity index (χ2v) is 18.8. The van der Waals surface area contributed by atoms with Gasteiger partial charge in [-0.1, -0.05) is 0 Å². The van der Waals surface area contributed by atoms with Crippen molar-refractivity contribution in [3.05, 3.63) is 71.9 Å². The molecule has 4 radical (unpaired) electrons. The molecule has 1 nitrogen and oxygen atoms in total. The molecule has 1 spiro atoms. The zero-order chi connectivity index (χ0) is 19.8. The molecule has 0 atom stereocenters. The summed E-state index contributed by atoms with van der Waals surface area (Å²) in [4.78, 5) is 0. The number of hydrogen-bond acceptors (Lipinski definition) is 0. The van der Waals surface area contributed by atoms with Gasteiger partial charge < -0.3 is 0 Å². The fourth-order valence-corrected chi connectivity index (χ4v) is 17.4. The molecule has 0 unspecified atom stereocenters. The summed E-state index contributed by atoms with van der Waals surface area (Å²) >= 11 is -1.91. The van der Waals surface area contributed by atoms with Gasteiger partial charge >= 0.3 is 178 Å². The van der Waals surface area contributed by atoms with Gasteiger partial charge in [-0.05, 0) is 0 Å². The molecule has 2 aromatic carbocycles. The van der Waals surface area contributed by atoms with Crippen LogP contribution in [0.5, 0.6) is 0 Å². The van der Waals surface area contributed by atoms with Gasteiger partial charge in [0.2, 0.25) is 0 Å². The predicted molar refractivity (Wildman–Crippen MR) is 129 cm³/mol. The van der Waals surface area contributed by atoms with Gasteiger partial charge in [0.05, 0.1) is 0 Å². The minimum atomic E-state index is -1.91. The van der Waals surface area contributed by atoms with Crippen molar-refractivity contribution in [3.63, 3.8) is 0 Å². The van der Waals surface area contributed by atoms with Crippen LogP contribution >= 0.6 is 0 Å². The fourth-order valence-electron chi connectivity index (χ4n) is 5.70. The van der Waals surface area contributed by atoms with Gasteiger partial charge in [0.1, 0.15) is 0 Å². The summed E-state index contributed by atoms with van der Waals surface area (Å²) in [5.74, 6) is 0. The van der Waals surface area contributed by atoms with Crippen molar-refractivity contribution < 1.29 is 37.3 Å². The SMILES string of the molecule is Cc1ccc(-c2[c-]cccc2)[c-]c1-c1c[c]2c(c[n+]1C)CC[CH2][Ge]21[CH2]CCC[CH2]1.[B].[Y]. The Morgan fingerprint density at radius 3 is 2.45 bits per heavy atom. The van der Waals surface area contributed by atoms with E-state index >= 15 is 0 Å². The van der Waals surface area contributed by atoms with E-state index in [9.17, 15) is 0 Å². The number of fused-ring (bicyclic) bond motifs is 2. The fraction of sp³-hybridized carbons (Fsp3) is 0.370. The van der Waals surface area contributed by atoms with Crippen molar-refractivity contribution >= 4 is 26.1 Å². The average molecular weight is 541 g/mol. The van der Waals surface area contributed by atoms with E-state index in [4.69, 9.17) is 0 Å². The number of aryl methyl sites for hydroxylation is 3. The Kier molecular flexibility index (Phi) is 8.44. The van der Waals surface area contributed by atoms with E-state index in [1.54, 1.807) is 21.3 Å². The standard InChI is InChI=1S/C27H30GeN.B.Y/c1-21-13-14-23(22-10-5-3-6-11-22)18-25(21)27-19-26-24(20-29(27)2)12-9-17-28(26)15-7-4-8-16-28;;/h3,5-6,10,13-14,19-20H,4,7-9,12,15-17H2,1-2H3;;/q-1;;. The summed E-state index contributed by atoms with van der Waals surface area (Å²) in [6.45, 7) is 2.22. The van der Waals surface area contributed by atoms with Crippen molar-refractivity contribution in [2.75, 3.05) is 0 Å². The average Bonchev–Trinajstić information content (AvgIpc) is 2.75. The third kappa shape index (κ3) is 4.82. The maximum absolute atomic E-state index is 3.75. The second-order valence-electron chi connectivity index (χ2n) is 9.11. The van der Waals surface area contributed by atoms with E-state index in [1.165, 1.54) is 48.9 Å². The molecule has 4 heteroatoms. The number of nitrogens with zero attached hydrogens (tertiary/aromatic N) is 1. The van der Waals surface area contributed by atoms with E-state index in [1.807, 2.05) is 16.5 Å². The van der Waals surface area contributed by atoms with Gasteiger partial charge in [0.25, 0.3) is 0 Å². The van der Waals surface area contributed by atoms with Gasteiger partial charge in [-0.3, -0.25) is 0 Å². The van der Waals surface area contributed by atoms with Crippen LogP contribution in [0.25, 0.3) is 22.4 Å². The summed E-state index contributed by atoms with van der Waals surface area (Å²) in [5.41, 5.74) is 7.82. The van der Waals surface area contributed by atoms with Crippen LogP contribution in [0.3, 0.4) is 0 Å². The Bertz CT molecular complexity index is 1040. The summed E-state index contributed by atoms with van der Waals surface area (Å²) in [6, 6.07) is 22.4. The molecule has 0 saturated carbocycles. The number of rotatable bonds is 2. The Morgan fingerprint density at radius 1 is 0.935 bits per heavy atom. The molecule has 3 aromatic rings. The van der Waals surface area contributed by atoms with Crippen LogP contribution in [-0.4, -0.2) is 21.7 Å². The van der Waals surface area contributed by atoms with Crippen molar-refractivity contribution in [2.45, 2.75) is 54.8 Å². The quantitative estimate of drug-likeness (QED) is 0.240. The third-order valence-corrected chi connectivity index (χ3v) is 18.9. The Morgan fingerprint density at radius 2 is 1.71 bits per heavy atom. The first-order valence-corrected chi connectivity index (χ1v) is 16.7. The van der Waals surface area contributed by atoms with E-state index in [-0.39, 0.29) is 41.1 Å². The molecule has 2 aliphatic rings. The van der Waals surface area contributed by atoms with Crippen molar-refractivity contribution in [3.8, 4) is 22.4 Å². The first kappa shape index (κ1) is 24.9. The van der Waals surface area contributed by atoms with Gasteiger partial charge in [0.15, 0.2) is 0 Å². The Labute approximate surface area is 217 Å². The summed E-state index contributed by atoms with van der Waals surface area (Å²) in [6.07, 6.45) is 9.56. The van der Waals surface area contributed by atoms with Gasteiger partial charge in [-0.15, -0.1) is 0 Å². The zero-order valence-electron chi connectivity index (χ0n) is 18.9. The van der Waals surface area contributed by atoms with E-state index < -0.39 is 13.3 Å². The van der Waals surface area contributed by atoms with Crippen LogP contribution in [0.1, 0.15) is 36.8 Å². The van der Waals surface area contributed by atoms with Crippen molar-refractivity contribution in [1.82, 2.24) is 0 Å². The molecule has 3 heterocycles. The van der Waals surface area contributed by atoms with Gasteiger partial charge in [0, 0.05) is 41.1 Å². The predicted octanol–water partition coefficient (Wildman–Crippen LogP) is 5.16. The smallest absolute Gasteiger partial charge is 0 e. The molecular formula is C27H30BGeNY-. The summed E-state index contributed by atoms with van der Waals surface area (Å²) in [7, 11) is 2.22. The van der Waals surface area contributed by atoms with Gasteiger partial charge in [-0.2, -0.15) is 0 Å². The zero-order valence-corrected chi connectivity index (χ0v) is 23.8. The molecular weight excluding hydrogens is 511 g/mol. The van der Waals surface area contributed by atoms with Crippen LogP contribution in [-0.2, 0) is 46.2 Å². The third-order valence-electron chi connectivity index (χ3n) is 7.25. The monoisotopic (exact) mass is 542 g/mol. The molecule has 31 heavy (non-hydrogen) atoms. The first-order valence-electron chi connectivity index (χ1n) is 11.2. The number of hydrogen-bond donors (Lipinski definition) is 0. The normalized spacial score (nSPS) is 16.7. The number of pyridine rings is 1. The van der Waals surface area contributed by atoms with Crippen LogP contribution in [0.4, 0.5) is 0 Å². The van der Waals surface area contributed by atoms with Crippen molar-refractivity contribution in [2.24, 2.45) is 7.05 Å². The molecule has 0 N–H and O–H groups in total. The maximum atomic E-state index is 3.75. The molecule has 0 bridgehead atoms. The molecule has 5 rings (SSSR count). The van der Waals surface area contributed by atoms with E-state index in [2.05, 4.69) is 67.2 Å². The Hall–Kier alpha value is -0.698.